The van der Waals surface area contributed by atoms with Gasteiger partial charge in [-0.1, -0.05) is 0 Å². The number of thiophene rings is 1. The van der Waals surface area contributed by atoms with Crippen LogP contribution in [0.4, 0.5) is 0 Å². The molecule has 1 heterocycles. The number of hydrogen-bond acceptors (Lipinski definition) is 5. The summed E-state index contributed by atoms with van der Waals surface area (Å²) in [6, 6.07) is 1.72. The maximum atomic E-state index is 12.0. The molecule has 0 bridgehead atoms. The van der Waals surface area contributed by atoms with Crippen LogP contribution >= 0.6 is 11.3 Å². The highest BCUT2D eigenvalue weighted by Gasteiger charge is 2.37. The summed E-state index contributed by atoms with van der Waals surface area (Å²) in [6.45, 7) is 1.78. The summed E-state index contributed by atoms with van der Waals surface area (Å²) in [5.74, 6) is -2.71. The van der Waals surface area contributed by atoms with Gasteiger partial charge in [0, 0.05) is 10.4 Å². The zero-order valence-electron chi connectivity index (χ0n) is 9.39. The van der Waals surface area contributed by atoms with E-state index in [2.05, 4.69) is 4.74 Å². The van der Waals surface area contributed by atoms with E-state index in [-0.39, 0.29) is 12.4 Å². The van der Waals surface area contributed by atoms with Crippen molar-refractivity contribution in [3.63, 3.8) is 0 Å². The second-order valence-electron chi connectivity index (χ2n) is 3.80. The van der Waals surface area contributed by atoms with Gasteiger partial charge in [0.05, 0.1) is 12.5 Å². The quantitative estimate of drug-likeness (QED) is 0.466. The van der Waals surface area contributed by atoms with Crippen LogP contribution in [-0.2, 0) is 20.7 Å². The Bertz CT molecular complexity index is 475. The number of esters is 1. The minimum absolute atomic E-state index is 0.148. The van der Waals surface area contributed by atoms with Gasteiger partial charge in [0.1, 0.15) is 0 Å². The van der Waals surface area contributed by atoms with Gasteiger partial charge in [0.15, 0.2) is 5.78 Å². The number of aryl methyl sites for hydroxylation is 1. The molecule has 17 heavy (non-hydrogen) atoms. The molecule has 1 atom stereocenters. The Labute approximate surface area is 103 Å². The average molecular weight is 252 g/mol. The standard InChI is InChI=1S/C12H12O4S/c1-2-16-12(15)11(14)8-3-4-9-7(10(8)13)5-6-17-9/h5-6,8H,2-4H2,1H3/t8-/m0/s1. The van der Waals surface area contributed by atoms with Crippen molar-refractivity contribution < 1.29 is 19.1 Å². The molecule has 0 spiro atoms. The zero-order chi connectivity index (χ0) is 12.4. The van der Waals surface area contributed by atoms with E-state index < -0.39 is 17.7 Å². The monoisotopic (exact) mass is 252 g/mol. The molecule has 0 unspecified atom stereocenters. The van der Waals surface area contributed by atoms with E-state index in [1.54, 1.807) is 13.0 Å². The molecule has 0 saturated heterocycles. The minimum atomic E-state index is -0.899. The number of carbonyl (C=O) groups is 3. The molecule has 5 heteroatoms. The van der Waals surface area contributed by atoms with Gasteiger partial charge in [-0.2, -0.15) is 0 Å². The van der Waals surface area contributed by atoms with E-state index in [0.29, 0.717) is 18.4 Å². The predicted molar refractivity (Wildman–Crippen MR) is 62.1 cm³/mol. The third kappa shape index (κ3) is 2.15. The Balaban J connectivity index is 2.18. The third-order valence-electron chi connectivity index (χ3n) is 2.78. The van der Waals surface area contributed by atoms with E-state index in [1.165, 1.54) is 11.3 Å². The fourth-order valence-electron chi connectivity index (χ4n) is 1.94. The number of fused-ring (bicyclic) bond motifs is 1. The molecule has 1 aliphatic rings. The maximum Gasteiger partial charge on any atom is 0.375 e. The molecule has 0 radical (unpaired) electrons. The van der Waals surface area contributed by atoms with Crippen molar-refractivity contribution in [1.82, 2.24) is 0 Å². The fraction of sp³-hybridized carbons (Fsp3) is 0.417. The molecule has 90 valence electrons. The van der Waals surface area contributed by atoms with Gasteiger partial charge in [0.25, 0.3) is 5.78 Å². The molecule has 1 aromatic heterocycles. The fourth-order valence-corrected chi connectivity index (χ4v) is 2.84. The normalized spacial score (nSPS) is 18.6. The Morgan fingerprint density at radius 3 is 3.00 bits per heavy atom. The van der Waals surface area contributed by atoms with Crippen LogP contribution in [0.25, 0.3) is 0 Å². The van der Waals surface area contributed by atoms with Crippen molar-refractivity contribution in [2.45, 2.75) is 19.8 Å². The van der Waals surface area contributed by atoms with Gasteiger partial charge in [-0.3, -0.25) is 9.59 Å². The van der Waals surface area contributed by atoms with Crippen LogP contribution in [0.1, 0.15) is 28.6 Å². The maximum absolute atomic E-state index is 12.0. The van der Waals surface area contributed by atoms with Crippen molar-refractivity contribution in [3.8, 4) is 0 Å². The first-order chi connectivity index (χ1) is 8.15. The largest absolute Gasteiger partial charge is 0.460 e. The lowest BCUT2D eigenvalue weighted by Gasteiger charge is -2.18. The predicted octanol–water partition coefficient (Wildman–Crippen LogP) is 1.63. The van der Waals surface area contributed by atoms with Crippen LogP contribution in [0.15, 0.2) is 11.4 Å². The highest BCUT2D eigenvalue weighted by molar-refractivity contribution is 7.10. The molecule has 0 aliphatic heterocycles. The van der Waals surface area contributed by atoms with Gasteiger partial charge in [-0.15, -0.1) is 11.3 Å². The number of ketones is 2. The number of hydrogen-bond donors (Lipinski definition) is 0. The van der Waals surface area contributed by atoms with E-state index in [9.17, 15) is 14.4 Å². The number of rotatable bonds is 3. The molecule has 0 amide bonds. The van der Waals surface area contributed by atoms with E-state index in [1.807, 2.05) is 5.38 Å². The Morgan fingerprint density at radius 1 is 1.53 bits per heavy atom. The molecule has 2 rings (SSSR count). The summed E-state index contributed by atoms with van der Waals surface area (Å²) >= 11 is 1.51. The summed E-state index contributed by atoms with van der Waals surface area (Å²) < 4.78 is 4.64. The summed E-state index contributed by atoms with van der Waals surface area (Å²) in [6.07, 6.45) is 1.08. The van der Waals surface area contributed by atoms with Gasteiger partial charge in [-0.05, 0) is 31.2 Å². The lowest BCUT2D eigenvalue weighted by atomic mass is 9.84. The van der Waals surface area contributed by atoms with Crippen LogP contribution < -0.4 is 0 Å². The average Bonchev–Trinajstić information content (AvgIpc) is 2.78. The van der Waals surface area contributed by atoms with Crippen molar-refractivity contribution in [2.75, 3.05) is 6.61 Å². The minimum Gasteiger partial charge on any atom is -0.460 e. The van der Waals surface area contributed by atoms with E-state index in [0.717, 1.165) is 4.88 Å². The summed E-state index contributed by atoms with van der Waals surface area (Å²) in [5, 5.41) is 1.83. The molecule has 4 nitrogen and oxygen atoms in total. The van der Waals surface area contributed by atoms with Crippen LogP contribution in [0.2, 0.25) is 0 Å². The summed E-state index contributed by atoms with van der Waals surface area (Å²) in [4.78, 5) is 36.1. The number of ether oxygens (including phenoxy) is 1. The molecule has 0 fully saturated rings. The first kappa shape index (κ1) is 12.0. The first-order valence-electron chi connectivity index (χ1n) is 5.46. The van der Waals surface area contributed by atoms with Crippen molar-refractivity contribution in [3.05, 3.63) is 21.9 Å². The SMILES string of the molecule is CCOC(=O)C(=O)[C@H]1CCc2sccc2C1=O. The van der Waals surface area contributed by atoms with Gasteiger partial charge in [-0.25, -0.2) is 4.79 Å². The molecule has 1 aliphatic carbocycles. The first-order valence-corrected chi connectivity index (χ1v) is 6.34. The number of carbonyl (C=O) groups excluding carboxylic acids is 3. The summed E-state index contributed by atoms with van der Waals surface area (Å²) in [5.41, 5.74) is 0.587. The highest BCUT2D eigenvalue weighted by atomic mass is 32.1. The van der Waals surface area contributed by atoms with Crippen LogP contribution in [0.5, 0.6) is 0 Å². The molecular formula is C12H12O4S. The molecular weight excluding hydrogens is 240 g/mol. The van der Waals surface area contributed by atoms with Crippen molar-refractivity contribution in [1.29, 1.82) is 0 Å². The summed E-state index contributed by atoms with van der Waals surface area (Å²) in [7, 11) is 0. The van der Waals surface area contributed by atoms with Crippen molar-refractivity contribution in [2.24, 2.45) is 5.92 Å². The second kappa shape index (κ2) is 4.79. The molecule has 0 N–H and O–H groups in total. The number of Topliss-reactive ketones (excluding diaryl/α,β-unsaturated/α-hetero) is 2. The smallest absolute Gasteiger partial charge is 0.375 e. The highest BCUT2D eigenvalue weighted by Crippen LogP contribution is 2.30. The van der Waals surface area contributed by atoms with E-state index >= 15 is 0 Å². The lowest BCUT2D eigenvalue weighted by Crippen LogP contribution is -2.34. The third-order valence-corrected chi connectivity index (χ3v) is 3.76. The Hall–Kier alpha value is -1.49. The lowest BCUT2D eigenvalue weighted by molar-refractivity contribution is -0.154. The van der Waals surface area contributed by atoms with Gasteiger partial charge >= 0.3 is 5.97 Å². The van der Waals surface area contributed by atoms with Gasteiger partial charge < -0.3 is 4.74 Å². The Morgan fingerprint density at radius 2 is 2.29 bits per heavy atom. The van der Waals surface area contributed by atoms with E-state index in [4.69, 9.17) is 0 Å². The molecule has 0 saturated carbocycles. The molecule has 0 aromatic carbocycles. The van der Waals surface area contributed by atoms with Crippen LogP contribution in [0.3, 0.4) is 0 Å². The van der Waals surface area contributed by atoms with Crippen molar-refractivity contribution >= 4 is 28.9 Å². The molecule has 1 aromatic rings. The van der Waals surface area contributed by atoms with Crippen LogP contribution in [-0.4, -0.2) is 24.1 Å². The Kier molecular flexibility index (Phi) is 3.38. The zero-order valence-corrected chi connectivity index (χ0v) is 10.2. The van der Waals surface area contributed by atoms with Gasteiger partial charge in [0.2, 0.25) is 0 Å². The topological polar surface area (TPSA) is 60.4 Å². The second-order valence-corrected chi connectivity index (χ2v) is 4.80. The van der Waals surface area contributed by atoms with Crippen LogP contribution in [0, 0.1) is 5.92 Å².